The zero-order chi connectivity index (χ0) is 18.4. The number of hydrogen-bond donors (Lipinski definition) is 1. The molecule has 9 nitrogen and oxygen atoms in total. The maximum atomic E-state index is 12.3. The summed E-state index contributed by atoms with van der Waals surface area (Å²) in [5.41, 5.74) is 1.62. The molecule has 2 amide bonds. The molecule has 23 heavy (non-hydrogen) atoms. The van der Waals surface area contributed by atoms with Crippen LogP contribution in [0.4, 0.5) is 4.79 Å². The second kappa shape index (κ2) is 8.44. The molecule has 2 atom stereocenters. The van der Waals surface area contributed by atoms with Gasteiger partial charge < -0.3 is 9.64 Å². The molecular formula is C14H26N4O5. The van der Waals surface area contributed by atoms with E-state index in [4.69, 9.17) is 4.74 Å². The first kappa shape index (κ1) is 20.8. The van der Waals surface area contributed by atoms with Gasteiger partial charge in [0.05, 0.1) is 5.71 Å². The molecular weight excluding hydrogens is 304 g/mol. The number of nitrogens with zero attached hydrogens (tertiary/aromatic N) is 3. The fraction of sp³-hybridized carbons (Fsp3) is 0.786. The van der Waals surface area contributed by atoms with E-state index in [9.17, 15) is 19.7 Å². The average Bonchev–Trinajstić information content (AvgIpc) is 2.38. The number of amides is 2. The maximum Gasteiger partial charge on any atom is 0.428 e. The summed E-state index contributed by atoms with van der Waals surface area (Å²) >= 11 is 0. The Morgan fingerprint density at radius 3 is 2.22 bits per heavy atom. The van der Waals surface area contributed by atoms with Crippen molar-refractivity contribution < 1.29 is 19.2 Å². The van der Waals surface area contributed by atoms with Gasteiger partial charge in [-0.2, -0.15) is 5.10 Å². The lowest BCUT2D eigenvalue weighted by atomic mass is 9.92. The maximum absolute atomic E-state index is 12.3. The van der Waals surface area contributed by atoms with Crippen LogP contribution >= 0.6 is 0 Å². The lowest BCUT2D eigenvalue weighted by molar-refractivity contribution is -0.526. The van der Waals surface area contributed by atoms with Gasteiger partial charge in [0.25, 0.3) is 0 Å². The molecule has 0 aliphatic rings. The number of rotatable bonds is 6. The van der Waals surface area contributed by atoms with Gasteiger partial charge in [-0.1, -0.05) is 6.92 Å². The summed E-state index contributed by atoms with van der Waals surface area (Å²) in [6, 6.07) is -1.12. The first-order chi connectivity index (χ1) is 10.4. The molecule has 0 heterocycles. The van der Waals surface area contributed by atoms with Gasteiger partial charge in [-0.25, -0.2) is 10.2 Å². The predicted molar refractivity (Wildman–Crippen MR) is 85.7 cm³/mol. The van der Waals surface area contributed by atoms with Crippen molar-refractivity contribution in [1.82, 2.24) is 10.3 Å². The standard InChI is InChI=1S/C14H26N4O5/c1-8-10(18(21)22)11(12(19)17(6)7)9(2)15-16-13(20)23-14(3,4)5/h10-11H,8H2,1-7H3,(H,16,20)/b15-9+. The molecule has 0 spiro atoms. The largest absolute Gasteiger partial charge is 0.443 e. The van der Waals surface area contributed by atoms with E-state index in [2.05, 4.69) is 10.5 Å². The minimum absolute atomic E-state index is 0.151. The number of hydrogen-bond acceptors (Lipinski definition) is 6. The predicted octanol–water partition coefficient (Wildman–Crippen LogP) is 1.65. The molecule has 0 aliphatic heterocycles. The van der Waals surface area contributed by atoms with E-state index in [1.807, 2.05) is 0 Å². The number of carbonyl (C=O) groups is 2. The summed E-state index contributed by atoms with van der Waals surface area (Å²) < 4.78 is 5.02. The number of nitro groups is 1. The third-order valence-corrected chi connectivity index (χ3v) is 2.95. The van der Waals surface area contributed by atoms with Crippen molar-refractivity contribution in [2.75, 3.05) is 14.1 Å². The van der Waals surface area contributed by atoms with E-state index in [1.165, 1.54) is 25.9 Å². The van der Waals surface area contributed by atoms with Crippen LogP contribution in [0.25, 0.3) is 0 Å². The second-order valence-electron chi connectivity index (χ2n) is 6.34. The van der Waals surface area contributed by atoms with Crippen LogP contribution in [-0.4, -0.2) is 53.3 Å². The number of hydrazone groups is 1. The average molecular weight is 330 g/mol. The van der Waals surface area contributed by atoms with Crippen LogP contribution in [0.2, 0.25) is 0 Å². The van der Waals surface area contributed by atoms with Gasteiger partial charge in [-0.05, 0) is 27.7 Å². The van der Waals surface area contributed by atoms with Crippen molar-refractivity contribution in [2.24, 2.45) is 11.0 Å². The molecule has 1 N–H and O–H groups in total. The van der Waals surface area contributed by atoms with Crippen LogP contribution in [0.1, 0.15) is 41.0 Å². The Balaban J connectivity index is 5.31. The monoisotopic (exact) mass is 330 g/mol. The molecule has 132 valence electrons. The first-order valence-corrected chi connectivity index (χ1v) is 7.28. The molecule has 9 heteroatoms. The quantitative estimate of drug-likeness (QED) is 0.452. The molecule has 0 radical (unpaired) electrons. The van der Waals surface area contributed by atoms with Crippen LogP contribution in [0.5, 0.6) is 0 Å². The van der Waals surface area contributed by atoms with Crippen molar-refractivity contribution in [3.8, 4) is 0 Å². The number of nitrogens with one attached hydrogen (secondary N) is 1. The van der Waals surface area contributed by atoms with Gasteiger partial charge in [-0.15, -0.1) is 0 Å². The molecule has 2 unspecified atom stereocenters. The Morgan fingerprint density at radius 2 is 1.87 bits per heavy atom. The fourth-order valence-electron chi connectivity index (χ4n) is 1.91. The molecule has 0 rings (SSSR count). The highest BCUT2D eigenvalue weighted by Crippen LogP contribution is 2.16. The smallest absolute Gasteiger partial charge is 0.428 e. The van der Waals surface area contributed by atoms with Crippen molar-refractivity contribution in [2.45, 2.75) is 52.7 Å². The van der Waals surface area contributed by atoms with Gasteiger partial charge in [0.15, 0.2) is 0 Å². The normalized spacial score (nSPS) is 14.7. The van der Waals surface area contributed by atoms with Crippen molar-refractivity contribution in [1.29, 1.82) is 0 Å². The Hall–Kier alpha value is -2.19. The molecule has 0 fully saturated rings. The summed E-state index contributed by atoms with van der Waals surface area (Å²) in [6.07, 6.45) is -0.627. The Labute approximate surface area is 136 Å². The molecule has 0 saturated heterocycles. The second-order valence-corrected chi connectivity index (χ2v) is 6.34. The minimum Gasteiger partial charge on any atom is -0.443 e. The summed E-state index contributed by atoms with van der Waals surface area (Å²) in [5, 5.41) is 15.0. The molecule has 0 aliphatic carbocycles. The lowest BCUT2D eigenvalue weighted by Crippen LogP contribution is -2.45. The summed E-state index contributed by atoms with van der Waals surface area (Å²) in [5.74, 6) is -1.50. The van der Waals surface area contributed by atoms with E-state index < -0.39 is 34.5 Å². The minimum atomic E-state index is -1.12. The van der Waals surface area contributed by atoms with Crippen LogP contribution in [-0.2, 0) is 9.53 Å². The van der Waals surface area contributed by atoms with E-state index in [0.29, 0.717) is 0 Å². The summed E-state index contributed by atoms with van der Waals surface area (Å²) in [7, 11) is 3.02. The van der Waals surface area contributed by atoms with Gasteiger partial charge >= 0.3 is 6.09 Å². The van der Waals surface area contributed by atoms with Crippen LogP contribution in [0.3, 0.4) is 0 Å². The Bertz CT molecular complexity index is 482. The SMILES string of the molecule is CCC(C(C(=O)N(C)C)/C(C)=N/NC(=O)OC(C)(C)C)[N+](=O)[O-]. The Morgan fingerprint density at radius 1 is 1.35 bits per heavy atom. The van der Waals surface area contributed by atoms with Gasteiger partial charge in [0.2, 0.25) is 11.9 Å². The van der Waals surface area contributed by atoms with Crippen LogP contribution < -0.4 is 5.43 Å². The Kier molecular flexibility index (Phi) is 7.64. The third-order valence-electron chi connectivity index (χ3n) is 2.95. The van der Waals surface area contributed by atoms with Crippen molar-refractivity contribution in [3.05, 3.63) is 10.1 Å². The highest BCUT2D eigenvalue weighted by atomic mass is 16.6. The third kappa shape index (κ3) is 7.07. The summed E-state index contributed by atoms with van der Waals surface area (Å²) in [4.78, 5) is 35.8. The molecule has 0 aromatic carbocycles. The van der Waals surface area contributed by atoms with E-state index >= 15 is 0 Å². The first-order valence-electron chi connectivity index (χ1n) is 7.28. The zero-order valence-corrected chi connectivity index (χ0v) is 14.7. The zero-order valence-electron chi connectivity index (χ0n) is 14.7. The van der Waals surface area contributed by atoms with Gasteiger partial charge in [0.1, 0.15) is 11.5 Å². The van der Waals surface area contributed by atoms with Gasteiger partial charge in [0, 0.05) is 25.4 Å². The van der Waals surface area contributed by atoms with E-state index in [1.54, 1.807) is 27.7 Å². The molecule has 0 aromatic rings. The molecule has 0 saturated carbocycles. The van der Waals surface area contributed by atoms with Crippen LogP contribution in [0, 0.1) is 16.0 Å². The van der Waals surface area contributed by atoms with E-state index in [-0.39, 0.29) is 12.1 Å². The van der Waals surface area contributed by atoms with Crippen LogP contribution in [0.15, 0.2) is 5.10 Å². The highest BCUT2D eigenvalue weighted by molar-refractivity contribution is 6.03. The fourth-order valence-corrected chi connectivity index (χ4v) is 1.91. The number of carbonyl (C=O) groups excluding carboxylic acids is 2. The summed E-state index contributed by atoms with van der Waals surface area (Å²) in [6.45, 7) is 8.18. The molecule has 0 aromatic heterocycles. The van der Waals surface area contributed by atoms with Crippen molar-refractivity contribution in [3.63, 3.8) is 0 Å². The van der Waals surface area contributed by atoms with Gasteiger partial charge in [-0.3, -0.25) is 14.9 Å². The topological polar surface area (TPSA) is 114 Å². The van der Waals surface area contributed by atoms with Crippen molar-refractivity contribution >= 4 is 17.7 Å². The highest BCUT2D eigenvalue weighted by Gasteiger charge is 2.39. The molecule has 0 bridgehead atoms. The number of ether oxygens (including phenoxy) is 1. The van der Waals surface area contributed by atoms with E-state index in [0.717, 1.165) is 0 Å². The lowest BCUT2D eigenvalue weighted by Gasteiger charge is -2.23.